The molecular weight excluding hydrogens is 198 g/mol. The second-order valence-corrected chi connectivity index (χ2v) is 3.13. The highest BCUT2D eigenvalue weighted by Gasteiger charge is 1.87. The van der Waals surface area contributed by atoms with Gasteiger partial charge >= 0.3 is 0 Å². The normalized spacial score (nSPS) is 8.64. The van der Waals surface area contributed by atoms with E-state index in [9.17, 15) is 0 Å². The number of methoxy groups -OCH3 is 1. The van der Waals surface area contributed by atoms with Crippen LogP contribution in [0.15, 0.2) is 41.4 Å². The van der Waals surface area contributed by atoms with E-state index in [4.69, 9.17) is 9.84 Å². The largest absolute Gasteiger partial charge is 0.508 e. The first-order valence-corrected chi connectivity index (χ1v) is 4.92. The summed E-state index contributed by atoms with van der Waals surface area (Å²) >= 11 is 1.60. The minimum absolute atomic E-state index is 0.260. The van der Waals surface area contributed by atoms with E-state index >= 15 is 0 Å². The van der Waals surface area contributed by atoms with Gasteiger partial charge in [-0.15, -0.1) is 11.3 Å². The Balaban J connectivity index is 0.000000165. The topological polar surface area (TPSA) is 42.4 Å². The monoisotopic (exact) mass is 209 g/mol. The van der Waals surface area contributed by atoms with Crippen LogP contribution in [0.5, 0.6) is 11.5 Å². The molecule has 0 bridgehead atoms. The van der Waals surface area contributed by atoms with Crippen LogP contribution in [0.2, 0.25) is 0 Å². The van der Waals surface area contributed by atoms with Crippen LogP contribution in [0.25, 0.3) is 0 Å². The number of phenolic OH excluding ortho intramolecular Hbond substituents is 1. The Hall–Kier alpha value is -1.55. The molecule has 1 aromatic heterocycles. The van der Waals surface area contributed by atoms with Crippen molar-refractivity contribution in [1.82, 2.24) is 4.98 Å². The second kappa shape index (κ2) is 5.99. The highest BCUT2D eigenvalue weighted by Crippen LogP contribution is 2.14. The molecule has 0 aliphatic carbocycles. The van der Waals surface area contributed by atoms with Gasteiger partial charge in [0.05, 0.1) is 12.6 Å². The number of benzene rings is 1. The number of aromatic hydroxyl groups is 1. The lowest BCUT2D eigenvalue weighted by Gasteiger charge is -1.96. The highest BCUT2D eigenvalue weighted by molar-refractivity contribution is 7.07. The minimum Gasteiger partial charge on any atom is -0.508 e. The zero-order valence-corrected chi connectivity index (χ0v) is 8.57. The molecule has 0 fully saturated rings. The van der Waals surface area contributed by atoms with Crippen molar-refractivity contribution in [2.75, 3.05) is 7.11 Å². The first-order valence-electron chi connectivity index (χ1n) is 3.98. The van der Waals surface area contributed by atoms with E-state index < -0.39 is 0 Å². The maximum Gasteiger partial charge on any atom is 0.119 e. The maximum atomic E-state index is 8.80. The average Bonchev–Trinajstić information content (AvgIpc) is 2.77. The van der Waals surface area contributed by atoms with Gasteiger partial charge in [-0.1, -0.05) is 0 Å². The molecule has 0 unspecified atom stereocenters. The Morgan fingerprint density at radius 2 is 2.00 bits per heavy atom. The van der Waals surface area contributed by atoms with Crippen LogP contribution in [0.3, 0.4) is 0 Å². The van der Waals surface area contributed by atoms with Crippen LogP contribution < -0.4 is 4.74 Å². The van der Waals surface area contributed by atoms with Gasteiger partial charge in [-0.2, -0.15) is 0 Å². The molecule has 1 N–H and O–H groups in total. The van der Waals surface area contributed by atoms with Gasteiger partial charge in [-0.05, 0) is 24.3 Å². The van der Waals surface area contributed by atoms with Crippen LogP contribution in [-0.2, 0) is 0 Å². The van der Waals surface area contributed by atoms with E-state index in [2.05, 4.69) is 4.98 Å². The third-order valence-electron chi connectivity index (χ3n) is 1.42. The lowest BCUT2D eigenvalue weighted by atomic mass is 10.3. The van der Waals surface area contributed by atoms with Crippen LogP contribution in [-0.4, -0.2) is 17.2 Å². The smallest absolute Gasteiger partial charge is 0.119 e. The van der Waals surface area contributed by atoms with Gasteiger partial charge in [-0.25, -0.2) is 0 Å². The number of ether oxygens (including phenoxy) is 1. The fourth-order valence-electron chi connectivity index (χ4n) is 0.758. The van der Waals surface area contributed by atoms with E-state index in [1.54, 1.807) is 54.4 Å². The molecule has 0 amide bonds. The molecule has 0 saturated heterocycles. The zero-order chi connectivity index (χ0) is 10.2. The number of rotatable bonds is 1. The van der Waals surface area contributed by atoms with E-state index in [0.717, 1.165) is 5.75 Å². The predicted molar refractivity (Wildman–Crippen MR) is 56.8 cm³/mol. The Morgan fingerprint density at radius 1 is 1.29 bits per heavy atom. The molecule has 0 saturated carbocycles. The van der Waals surface area contributed by atoms with Crippen molar-refractivity contribution in [2.45, 2.75) is 0 Å². The maximum absolute atomic E-state index is 8.80. The number of hydrogen-bond donors (Lipinski definition) is 1. The van der Waals surface area contributed by atoms with Crippen molar-refractivity contribution >= 4 is 11.3 Å². The number of aromatic nitrogens is 1. The standard InChI is InChI=1S/C7H8O2.C3H3NS/c1-9-7-4-2-6(8)3-5-7;1-2-5-3-4-1/h2-5,8H,1H3;1-3H. The van der Waals surface area contributed by atoms with Crippen molar-refractivity contribution in [2.24, 2.45) is 0 Å². The average molecular weight is 209 g/mol. The Labute approximate surface area is 86.6 Å². The summed E-state index contributed by atoms with van der Waals surface area (Å²) in [6.45, 7) is 0. The number of nitrogens with zero attached hydrogens (tertiary/aromatic N) is 1. The van der Waals surface area contributed by atoms with Gasteiger partial charge in [0.25, 0.3) is 0 Å². The third-order valence-corrected chi connectivity index (χ3v) is 1.94. The Morgan fingerprint density at radius 3 is 2.36 bits per heavy atom. The molecule has 2 rings (SSSR count). The molecule has 4 heteroatoms. The van der Waals surface area contributed by atoms with Gasteiger partial charge in [-0.3, -0.25) is 4.98 Å². The van der Waals surface area contributed by atoms with Gasteiger partial charge in [0, 0.05) is 11.6 Å². The lowest BCUT2D eigenvalue weighted by molar-refractivity contribution is 0.412. The molecule has 0 aliphatic rings. The summed E-state index contributed by atoms with van der Waals surface area (Å²) in [6.07, 6.45) is 1.77. The predicted octanol–water partition coefficient (Wildman–Crippen LogP) is 2.54. The molecule has 3 nitrogen and oxygen atoms in total. The third kappa shape index (κ3) is 3.91. The van der Waals surface area contributed by atoms with E-state index in [-0.39, 0.29) is 5.75 Å². The summed E-state index contributed by atoms with van der Waals surface area (Å²) in [6, 6.07) is 6.57. The molecule has 0 aliphatic heterocycles. The summed E-state index contributed by atoms with van der Waals surface area (Å²) in [5.41, 5.74) is 1.79. The van der Waals surface area contributed by atoms with Crippen molar-refractivity contribution in [3.8, 4) is 11.5 Å². The summed E-state index contributed by atoms with van der Waals surface area (Å²) in [5.74, 6) is 1.02. The molecule has 2 aromatic rings. The van der Waals surface area contributed by atoms with Crippen LogP contribution in [0.4, 0.5) is 0 Å². The first-order chi connectivity index (χ1) is 6.83. The van der Waals surface area contributed by atoms with E-state index in [1.165, 1.54) is 0 Å². The molecule has 0 atom stereocenters. The second-order valence-electron chi connectivity index (χ2n) is 2.37. The molecule has 0 radical (unpaired) electrons. The van der Waals surface area contributed by atoms with Crippen LogP contribution >= 0.6 is 11.3 Å². The van der Waals surface area contributed by atoms with E-state index in [0.29, 0.717) is 0 Å². The van der Waals surface area contributed by atoms with Crippen molar-refractivity contribution in [3.05, 3.63) is 41.4 Å². The number of hydrogen-bond acceptors (Lipinski definition) is 4. The fraction of sp³-hybridized carbons (Fsp3) is 0.100. The summed E-state index contributed by atoms with van der Waals surface area (Å²) in [7, 11) is 1.59. The number of thiazole rings is 1. The number of phenols is 1. The van der Waals surface area contributed by atoms with Crippen molar-refractivity contribution in [3.63, 3.8) is 0 Å². The molecular formula is C10H11NO2S. The Kier molecular flexibility index (Phi) is 4.50. The first kappa shape index (κ1) is 10.5. The summed E-state index contributed by atoms with van der Waals surface area (Å²) in [4.78, 5) is 3.74. The van der Waals surface area contributed by atoms with Gasteiger partial charge in [0.2, 0.25) is 0 Å². The summed E-state index contributed by atoms with van der Waals surface area (Å²) in [5, 5.41) is 10.7. The molecule has 0 spiro atoms. The van der Waals surface area contributed by atoms with Gasteiger partial charge in [0.1, 0.15) is 11.5 Å². The van der Waals surface area contributed by atoms with Crippen molar-refractivity contribution in [1.29, 1.82) is 0 Å². The molecule has 1 aromatic carbocycles. The molecule has 1 heterocycles. The van der Waals surface area contributed by atoms with Crippen LogP contribution in [0.1, 0.15) is 0 Å². The highest BCUT2D eigenvalue weighted by atomic mass is 32.1. The quantitative estimate of drug-likeness (QED) is 0.784. The zero-order valence-electron chi connectivity index (χ0n) is 7.75. The fourth-order valence-corrected chi connectivity index (χ4v) is 1.11. The van der Waals surface area contributed by atoms with E-state index in [1.807, 2.05) is 5.38 Å². The lowest BCUT2D eigenvalue weighted by Crippen LogP contribution is -1.79. The minimum atomic E-state index is 0.260. The van der Waals surface area contributed by atoms with Gasteiger partial charge < -0.3 is 9.84 Å². The van der Waals surface area contributed by atoms with Gasteiger partial charge in [0.15, 0.2) is 0 Å². The molecule has 74 valence electrons. The van der Waals surface area contributed by atoms with Crippen LogP contribution in [0, 0.1) is 0 Å². The molecule has 14 heavy (non-hydrogen) atoms. The Bertz CT molecular complexity index is 314. The SMILES string of the molecule is COc1ccc(O)cc1.c1cscn1. The van der Waals surface area contributed by atoms with Crippen molar-refractivity contribution < 1.29 is 9.84 Å². The summed E-state index contributed by atoms with van der Waals surface area (Å²) < 4.78 is 4.86.